The van der Waals surface area contributed by atoms with Crippen molar-refractivity contribution in [3.05, 3.63) is 90.2 Å². The van der Waals surface area contributed by atoms with E-state index in [-0.39, 0.29) is 17.3 Å². The van der Waals surface area contributed by atoms with Crippen LogP contribution in [0, 0.1) is 5.82 Å². The van der Waals surface area contributed by atoms with Crippen molar-refractivity contribution >= 4 is 15.9 Å². The van der Waals surface area contributed by atoms with Crippen LogP contribution in [0.2, 0.25) is 0 Å². The summed E-state index contributed by atoms with van der Waals surface area (Å²) in [5.74, 6) is -0.593. The molecule has 0 N–H and O–H groups in total. The molecule has 7 heteroatoms. The summed E-state index contributed by atoms with van der Waals surface area (Å²) in [6, 6.07) is 22.0. The molecule has 31 heavy (non-hydrogen) atoms. The molecular formula is C24H23FN2O3S. The molecular weight excluding hydrogens is 415 g/mol. The minimum Gasteiger partial charge on any atom is -0.337 e. The van der Waals surface area contributed by atoms with Crippen molar-refractivity contribution < 1.29 is 17.6 Å². The topological polar surface area (TPSA) is 57.7 Å². The molecule has 0 saturated carbocycles. The first-order chi connectivity index (χ1) is 15.0. The first kappa shape index (κ1) is 21.2. The second-order valence-electron chi connectivity index (χ2n) is 7.42. The summed E-state index contributed by atoms with van der Waals surface area (Å²) in [6.07, 6.45) is 0.527. The zero-order chi connectivity index (χ0) is 21.8. The van der Waals surface area contributed by atoms with Crippen LogP contribution in [-0.4, -0.2) is 49.7 Å². The predicted molar refractivity (Wildman–Crippen MR) is 118 cm³/mol. The van der Waals surface area contributed by atoms with Gasteiger partial charge in [-0.05, 0) is 47.9 Å². The zero-order valence-electron chi connectivity index (χ0n) is 16.9. The highest BCUT2D eigenvalue weighted by atomic mass is 32.2. The summed E-state index contributed by atoms with van der Waals surface area (Å²) in [7, 11) is -3.74. The Morgan fingerprint density at radius 3 is 2.19 bits per heavy atom. The third-order valence-corrected chi connectivity index (χ3v) is 7.35. The number of carbonyl (C=O) groups excluding carboxylic acids is 1. The van der Waals surface area contributed by atoms with E-state index in [4.69, 9.17) is 0 Å². The summed E-state index contributed by atoms with van der Waals surface area (Å²) in [6.45, 7) is 1.27. The summed E-state index contributed by atoms with van der Waals surface area (Å²) >= 11 is 0. The van der Waals surface area contributed by atoms with Gasteiger partial charge >= 0.3 is 0 Å². The van der Waals surface area contributed by atoms with E-state index in [9.17, 15) is 17.6 Å². The van der Waals surface area contributed by atoms with Gasteiger partial charge in [-0.15, -0.1) is 0 Å². The Morgan fingerprint density at radius 2 is 1.45 bits per heavy atom. The number of hydrogen-bond donors (Lipinski definition) is 0. The van der Waals surface area contributed by atoms with Crippen molar-refractivity contribution in [2.75, 3.05) is 26.2 Å². The molecule has 1 saturated heterocycles. The van der Waals surface area contributed by atoms with Gasteiger partial charge in [-0.1, -0.05) is 48.5 Å². The monoisotopic (exact) mass is 438 g/mol. The molecule has 0 bridgehead atoms. The van der Waals surface area contributed by atoms with Crippen LogP contribution < -0.4 is 0 Å². The summed E-state index contributed by atoms with van der Waals surface area (Å²) in [5, 5.41) is 0. The molecule has 1 amide bonds. The van der Waals surface area contributed by atoms with Crippen LogP contribution in [0.25, 0.3) is 11.1 Å². The molecule has 0 aromatic heterocycles. The van der Waals surface area contributed by atoms with E-state index in [1.165, 1.54) is 16.4 Å². The Kier molecular flexibility index (Phi) is 6.15. The van der Waals surface area contributed by atoms with Gasteiger partial charge in [-0.3, -0.25) is 4.79 Å². The molecule has 0 radical (unpaired) electrons. The van der Waals surface area contributed by atoms with Crippen molar-refractivity contribution in [2.45, 2.75) is 11.3 Å². The van der Waals surface area contributed by atoms with Gasteiger partial charge < -0.3 is 4.90 Å². The van der Waals surface area contributed by atoms with Crippen molar-refractivity contribution in [1.29, 1.82) is 0 Å². The fourth-order valence-electron chi connectivity index (χ4n) is 3.80. The molecule has 4 rings (SSSR count). The van der Waals surface area contributed by atoms with Crippen molar-refractivity contribution in [3.8, 4) is 11.1 Å². The third kappa shape index (κ3) is 4.52. The summed E-state index contributed by atoms with van der Waals surface area (Å²) in [5.41, 5.74) is 2.42. The number of carbonyl (C=O) groups is 1. The van der Waals surface area contributed by atoms with E-state index in [0.29, 0.717) is 31.6 Å². The Balaban J connectivity index is 1.54. The Labute approximate surface area is 181 Å². The number of sulfonamides is 1. The number of hydrogen-bond acceptors (Lipinski definition) is 3. The maximum Gasteiger partial charge on any atom is 0.254 e. The number of halogens is 1. The fourth-order valence-corrected chi connectivity index (χ4v) is 5.27. The van der Waals surface area contributed by atoms with Crippen LogP contribution in [0.15, 0.2) is 83.8 Å². The lowest BCUT2D eigenvalue weighted by Gasteiger charge is -2.23. The highest BCUT2D eigenvalue weighted by molar-refractivity contribution is 7.89. The molecule has 0 spiro atoms. The van der Waals surface area contributed by atoms with Gasteiger partial charge in [0.15, 0.2) is 0 Å². The van der Waals surface area contributed by atoms with Gasteiger partial charge in [0.2, 0.25) is 10.0 Å². The van der Waals surface area contributed by atoms with Gasteiger partial charge in [0.25, 0.3) is 5.91 Å². The Morgan fingerprint density at radius 1 is 0.774 bits per heavy atom. The van der Waals surface area contributed by atoms with E-state index in [2.05, 4.69) is 0 Å². The number of benzene rings is 3. The Hall–Kier alpha value is -3.03. The molecule has 0 aliphatic carbocycles. The van der Waals surface area contributed by atoms with Crippen LogP contribution in [0.5, 0.6) is 0 Å². The van der Waals surface area contributed by atoms with Crippen LogP contribution in [-0.2, 0) is 10.0 Å². The minimum absolute atomic E-state index is 0.0584. The third-order valence-electron chi connectivity index (χ3n) is 5.44. The van der Waals surface area contributed by atoms with Crippen LogP contribution in [0.1, 0.15) is 16.8 Å². The fraction of sp³-hybridized carbons (Fsp3) is 0.208. The van der Waals surface area contributed by atoms with E-state index >= 15 is 0 Å². The largest absolute Gasteiger partial charge is 0.337 e. The normalized spacial score (nSPS) is 15.5. The lowest BCUT2D eigenvalue weighted by Crippen LogP contribution is -2.37. The number of amides is 1. The van der Waals surface area contributed by atoms with Gasteiger partial charge in [0.05, 0.1) is 4.90 Å². The van der Waals surface area contributed by atoms with Crippen LogP contribution >= 0.6 is 0 Å². The molecule has 1 fully saturated rings. The lowest BCUT2D eigenvalue weighted by molar-refractivity contribution is 0.0765. The maximum atomic E-state index is 13.3. The molecule has 5 nitrogen and oxygen atoms in total. The van der Waals surface area contributed by atoms with Crippen LogP contribution in [0.3, 0.4) is 0 Å². The molecule has 1 heterocycles. The minimum atomic E-state index is -3.74. The Bertz CT molecular complexity index is 1160. The molecule has 1 aliphatic rings. The first-order valence-electron chi connectivity index (χ1n) is 10.2. The summed E-state index contributed by atoms with van der Waals surface area (Å²) < 4.78 is 40.4. The van der Waals surface area contributed by atoms with Crippen molar-refractivity contribution in [1.82, 2.24) is 9.21 Å². The van der Waals surface area contributed by atoms with E-state index < -0.39 is 15.8 Å². The molecule has 3 aromatic rings. The molecule has 3 aromatic carbocycles. The highest BCUT2D eigenvalue weighted by Gasteiger charge is 2.29. The number of nitrogens with zero attached hydrogens (tertiary/aromatic N) is 2. The molecule has 0 unspecified atom stereocenters. The number of rotatable bonds is 4. The zero-order valence-corrected chi connectivity index (χ0v) is 17.8. The van der Waals surface area contributed by atoms with Gasteiger partial charge in [0.1, 0.15) is 5.82 Å². The second-order valence-corrected chi connectivity index (χ2v) is 9.35. The standard InChI is InChI=1S/C24H23FN2O3S/c25-20-11-13-21(14-12-20)31(29,30)27-16-6-15-26(17-18-27)24(28)23-10-5-4-9-22(23)19-7-2-1-3-8-19/h1-5,7-14H,6,15-18H2. The van der Waals surface area contributed by atoms with Crippen molar-refractivity contribution in [3.63, 3.8) is 0 Å². The van der Waals surface area contributed by atoms with E-state index in [0.717, 1.165) is 23.3 Å². The quantitative estimate of drug-likeness (QED) is 0.618. The second kappa shape index (κ2) is 8.99. The molecule has 160 valence electrons. The average Bonchev–Trinajstić information content (AvgIpc) is 3.06. The SMILES string of the molecule is O=C(c1ccccc1-c1ccccc1)N1CCCN(S(=O)(=O)c2ccc(F)cc2)CC1. The van der Waals surface area contributed by atoms with Crippen molar-refractivity contribution in [2.24, 2.45) is 0 Å². The van der Waals surface area contributed by atoms with E-state index in [1.54, 1.807) is 4.90 Å². The van der Waals surface area contributed by atoms with Crippen LogP contribution in [0.4, 0.5) is 4.39 Å². The van der Waals surface area contributed by atoms with Gasteiger partial charge in [-0.2, -0.15) is 4.31 Å². The maximum absolute atomic E-state index is 13.3. The van der Waals surface area contributed by atoms with Gasteiger partial charge in [0, 0.05) is 31.7 Å². The molecule has 0 atom stereocenters. The average molecular weight is 439 g/mol. The smallest absolute Gasteiger partial charge is 0.254 e. The highest BCUT2D eigenvalue weighted by Crippen LogP contribution is 2.25. The van der Waals surface area contributed by atoms with E-state index in [1.807, 2.05) is 54.6 Å². The van der Waals surface area contributed by atoms with Gasteiger partial charge in [-0.25, -0.2) is 12.8 Å². The first-order valence-corrected chi connectivity index (χ1v) is 11.6. The molecule has 1 aliphatic heterocycles. The lowest BCUT2D eigenvalue weighted by atomic mass is 9.99. The predicted octanol–water partition coefficient (Wildman–Crippen LogP) is 4.03. The summed E-state index contributed by atoms with van der Waals surface area (Å²) in [4.78, 5) is 15.1.